The fourth-order valence-corrected chi connectivity index (χ4v) is 3.70. The first-order valence-corrected chi connectivity index (χ1v) is 8.51. The van der Waals surface area contributed by atoms with Gasteiger partial charge in [-0.05, 0) is 24.0 Å². The number of aryl methyl sites for hydroxylation is 1. The summed E-state index contributed by atoms with van der Waals surface area (Å²) in [6.07, 6.45) is 1.68. The molecule has 1 unspecified atom stereocenters. The molecule has 0 spiro atoms. The molecule has 0 saturated heterocycles. The highest BCUT2D eigenvalue weighted by Gasteiger charge is 2.35. The van der Waals surface area contributed by atoms with Gasteiger partial charge < -0.3 is 10.0 Å². The second kappa shape index (κ2) is 6.50. The maximum absolute atomic E-state index is 12.6. The highest BCUT2D eigenvalue weighted by molar-refractivity contribution is 7.09. The Balaban J connectivity index is 1.83. The Kier molecular flexibility index (Phi) is 4.43. The van der Waals surface area contributed by atoms with E-state index in [-0.39, 0.29) is 12.3 Å². The number of nitrogens with zero attached hydrogens (tertiary/aromatic N) is 2. The molecule has 0 aliphatic carbocycles. The lowest BCUT2D eigenvalue weighted by molar-refractivity contribution is -0.151. The SMILES string of the molecule is CCc1nc(CC(=O)N2CCc3ccccc3C2C(=O)O)cs1. The van der Waals surface area contributed by atoms with Crippen LogP contribution >= 0.6 is 11.3 Å². The Morgan fingerprint density at radius 2 is 2.17 bits per heavy atom. The van der Waals surface area contributed by atoms with E-state index in [0.29, 0.717) is 18.5 Å². The third-order valence-corrected chi connectivity index (χ3v) is 5.11. The first-order chi connectivity index (χ1) is 11.1. The minimum absolute atomic E-state index is 0.155. The van der Waals surface area contributed by atoms with Gasteiger partial charge in [0.15, 0.2) is 6.04 Å². The zero-order valence-electron chi connectivity index (χ0n) is 12.9. The third-order valence-electron chi connectivity index (χ3n) is 4.07. The summed E-state index contributed by atoms with van der Waals surface area (Å²) in [4.78, 5) is 30.2. The van der Waals surface area contributed by atoms with Crippen molar-refractivity contribution in [1.29, 1.82) is 0 Å². The van der Waals surface area contributed by atoms with Gasteiger partial charge in [-0.15, -0.1) is 11.3 Å². The molecule has 0 saturated carbocycles. The first kappa shape index (κ1) is 15.7. The zero-order chi connectivity index (χ0) is 16.4. The summed E-state index contributed by atoms with van der Waals surface area (Å²) in [5, 5.41) is 12.5. The minimum atomic E-state index is -0.988. The number of rotatable bonds is 4. The second-order valence-electron chi connectivity index (χ2n) is 5.54. The Hall–Kier alpha value is -2.21. The number of carbonyl (C=O) groups is 2. The maximum Gasteiger partial charge on any atom is 0.331 e. The summed E-state index contributed by atoms with van der Waals surface area (Å²) in [5.41, 5.74) is 2.44. The number of carboxylic acids is 1. The lowest BCUT2D eigenvalue weighted by Crippen LogP contribution is -2.44. The highest BCUT2D eigenvalue weighted by Crippen LogP contribution is 2.30. The average Bonchev–Trinajstić information content (AvgIpc) is 3.01. The van der Waals surface area contributed by atoms with Gasteiger partial charge in [-0.25, -0.2) is 9.78 Å². The van der Waals surface area contributed by atoms with Gasteiger partial charge >= 0.3 is 5.97 Å². The van der Waals surface area contributed by atoms with E-state index in [0.717, 1.165) is 22.7 Å². The standard InChI is InChI=1S/C17H18N2O3S/c1-2-14-18-12(10-23-14)9-15(20)19-8-7-11-5-3-4-6-13(11)16(19)17(21)22/h3-6,10,16H,2,7-9H2,1H3,(H,21,22). The molecule has 5 nitrogen and oxygen atoms in total. The molecule has 1 aliphatic heterocycles. The smallest absolute Gasteiger partial charge is 0.331 e. The van der Waals surface area contributed by atoms with Crippen LogP contribution in [0, 0.1) is 0 Å². The van der Waals surface area contributed by atoms with Gasteiger partial charge in [-0.1, -0.05) is 31.2 Å². The molecular weight excluding hydrogens is 312 g/mol. The molecule has 1 amide bonds. The van der Waals surface area contributed by atoms with Crippen molar-refractivity contribution in [2.45, 2.75) is 32.2 Å². The molecule has 1 atom stereocenters. The van der Waals surface area contributed by atoms with E-state index in [9.17, 15) is 14.7 Å². The van der Waals surface area contributed by atoms with Crippen molar-refractivity contribution in [2.24, 2.45) is 0 Å². The number of aromatic nitrogens is 1. The predicted molar refractivity (Wildman–Crippen MR) is 87.4 cm³/mol. The molecular formula is C17H18N2O3S. The molecule has 3 rings (SSSR count). The second-order valence-corrected chi connectivity index (χ2v) is 6.48. The average molecular weight is 330 g/mol. The van der Waals surface area contributed by atoms with Crippen LogP contribution in [-0.2, 0) is 28.9 Å². The van der Waals surface area contributed by atoms with Crippen LogP contribution in [0.25, 0.3) is 0 Å². The van der Waals surface area contributed by atoms with Crippen molar-refractivity contribution in [3.05, 3.63) is 51.5 Å². The molecule has 2 heterocycles. The van der Waals surface area contributed by atoms with Crippen LogP contribution in [0.15, 0.2) is 29.6 Å². The summed E-state index contributed by atoms with van der Waals surface area (Å²) < 4.78 is 0. The van der Waals surface area contributed by atoms with Gasteiger partial charge in [-0.2, -0.15) is 0 Å². The summed E-state index contributed by atoms with van der Waals surface area (Å²) in [6, 6.07) is 6.54. The highest BCUT2D eigenvalue weighted by atomic mass is 32.1. The Labute approximate surface area is 138 Å². The monoisotopic (exact) mass is 330 g/mol. The predicted octanol–water partition coefficient (Wildman–Crippen LogP) is 2.46. The van der Waals surface area contributed by atoms with Crippen molar-refractivity contribution in [3.8, 4) is 0 Å². The lowest BCUT2D eigenvalue weighted by Gasteiger charge is -2.34. The largest absolute Gasteiger partial charge is 0.479 e. The van der Waals surface area contributed by atoms with Gasteiger partial charge in [-0.3, -0.25) is 4.79 Å². The van der Waals surface area contributed by atoms with Crippen molar-refractivity contribution >= 4 is 23.2 Å². The van der Waals surface area contributed by atoms with E-state index < -0.39 is 12.0 Å². The van der Waals surface area contributed by atoms with Gasteiger partial charge in [0.2, 0.25) is 5.91 Å². The molecule has 1 aliphatic rings. The molecule has 6 heteroatoms. The van der Waals surface area contributed by atoms with Crippen LogP contribution in [0.1, 0.15) is 34.8 Å². The number of hydrogen-bond acceptors (Lipinski definition) is 4. The van der Waals surface area contributed by atoms with Crippen molar-refractivity contribution in [2.75, 3.05) is 6.54 Å². The molecule has 0 bridgehead atoms. The van der Waals surface area contributed by atoms with E-state index in [1.165, 1.54) is 16.2 Å². The topological polar surface area (TPSA) is 70.5 Å². The molecule has 120 valence electrons. The number of hydrogen-bond donors (Lipinski definition) is 1. The molecule has 23 heavy (non-hydrogen) atoms. The van der Waals surface area contributed by atoms with E-state index in [4.69, 9.17) is 0 Å². The van der Waals surface area contributed by atoms with Crippen LogP contribution in [0.5, 0.6) is 0 Å². The Morgan fingerprint density at radius 1 is 1.39 bits per heavy atom. The van der Waals surface area contributed by atoms with Crippen LogP contribution < -0.4 is 0 Å². The number of carboxylic acid groups (broad SMARTS) is 1. The van der Waals surface area contributed by atoms with E-state index in [2.05, 4.69) is 4.98 Å². The summed E-state index contributed by atoms with van der Waals surface area (Å²) in [5.74, 6) is -1.17. The minimum Gasteiger partial charge on any atom is -0.479 e. The number of fused-ring (bicyclic) bond motifs is 1. The van der Waals surface area contributed by atoms with Gasteiger partial charge in [0, 0.05) is 11.9 Å². The quantitative estimate of drug-likeness (QED) is 0.935. The molecule has 2 aromatic rings. The maximum atomic E-state index is 12.6. The summed E-state index contributed by atoms with van der Waals surface area (Å²) >= 11 is 1.54. The van der Waals surface area contributed by atoms with E-state index in [1.807, 2.05) is 30.5 Å². The normalized spacial score (nSPS) is 16.9. The molecule has 1 N–H and O–H groups in total. The third kappa shape index (κ3) is 3.12. The van der Waals surface area contributed by atoms with Crippen LogP contribution in [-0.4, -0.2) is 33.4 Å². The number of aliphatic carboxylic acids is 1. The van der Waals surface area contributed by atoms with E-state index in [1.54, 1.807) is 6.07 Å². The number of carbonyl (C=O) groups excluding carboxylic acids is 1. The number of amides is 1. The van der Waals surface area contributed by atoms with Crippen LogP contribution in [0.2, 0.25) is 0 Å². The van der Waals surface area contributed by atoms with Crippen molar-refractivity contribution in [1.82, 2.24) is 9.88 Å². The van der Waals surface area contributed by atoms with Gasteiger partial charge in [0.05, 0.1) is 17.1 Å². The Bertz CT molecular complexity index is 741. The molecule has 0 radical (unpaired) electrons. The first-order valence-electron chi connectivity index (χ1n) is 7.63. The van der Waals surface area contributed by atoms with Crippen LogP contribution in [0.4, 0.5) is 0 Å². The van der Waals surface area contributed by atoms with E-state index >= 15 is 0 Å². The fourth-order valence-electron chi connectivity index (χ4n) is 2.95. The molecule has 1 aromatic carbocycles. The Morgan fingerprint density at radius 3 is 2.87 bits per heavy atom. The fraction of sp³-hybridized carbons (Fsp3) is 0.353. The summed E-state index contributed by atoms with van der Waals surface area (Å²) in [7, 11) is 0. The lowest BCUT2D eigenvalue weighted by atomic mass is 9.92. The summed E-state index contributed by atoms with van der Waals surface area (Å²) in [6.45, 7) is 2.45. The van der Waals surface area contributed by atoms with Crippen molar-refractivity contribution in [3.63, 3.8) is 0 Å². The zero-order valence-corrected chi connectivity index (χ0v) is 13.7. The molecule has 1 aromatic heterocycles. The molecule has 0 fully saturated rings. The number of thiazole rings is 1. The number of benzene rings is 1. The van der Waals surface area contributed by atoms with Crippen molar-refractivity contribution < 1.29 is 14.7 Å². The van der Waals surface area contributed by atoms with Crippen LogP contribution in [0.3, 0.4) is 0 Å². The van der Waals surface area contributed by atoms with Gasteiger partial charge in [0.1, 0.15) is 0 Å². The van der Waals surface area contributed by atoms with Gasteiger partial charge in [0.25, 0.3) is 0 Å².